The molecule has 1 saturated carbocycles. The average Bonchev–Trinajstić information content (AvgIpc) is 2.91. The Labute approximate surface area is 99.7 Å². The first-order chi connectivity index (χ1) is 8.36. The van der Waals surface area contributed by atoms with Gasteiger partial charge in [-0.2, -0.15) is 0 Å². The summed E-state index contributed by atoms with van der Waals surface area (Å²) in [5.41, 5.74) is 3.80. The van der Waals surface area contributed by atoms with Crippen LogP contribution in [-0.2, 0) is 0 Å². The molecule has 3 nitrogen and oxygen atoms in total. The Morgan fingerprint density at radius 1 is 1.24 bits per heavy atom. The van der Waals surface area contributed by atoms with Crippen molar-refractivity contribution in [2.45, 2.75) is 25.0 Å². The maximum atomic E-state index is 9.92. The summed E-state index contributed by atoms with van der Waals surface area (Å²) in [5, 5.41) is 9.92. The molecule has 1 fully saturated rings. The SMILES string of the molecule is O[C@@H]1CC[C@@H]1C1c2ccccc2-c2cncn21. The lowest BCUT2D eigenvalue weighted by atomic mass is 9.74. The third-order valence-corrected chi connectivity index (χ3v) is 4.22. The van der Waals surface area contributed by atoms with Gasteiger partial charge in [-0.1, -0.05) is 24.3 Å². The monoisotopic (exact) mass is 226 g/mol. The van der Waals surface area contributed by atoms with Crippen molar-refractivity contribution in [2.75, 3.05) is 0 Å². The van der Waals surface area contributed by atoms with Crippen molar-refractivity contribution in [3.63, 3.8) is 0 Å². The van der Waals surface area contributed by atoms with E-state index in [0.717, 1.165) is 12.8 Å². The molecule has 1 aromatic heterocycles. The summed E-state index contributed by atoms with van der Waals surface area (Å²) in [4.78, 5) is 4.24. The molecule has 0 radical (unpaired) electrons. The van der Waals surface area contributed by atoms with Crippen LogP contribution < -0.4 is 0 Å². The minimum atomic E-state index is -0.151. The van der Waals surface area contributed by atoms with Crippen LogP contribution in [0.25, 0.3) is 11.3 Å². The standard InChI is InChI=1S/C14H14N2O/c17-13-6-5-11(13)14-10-4-2-1-3-9(10)12-7-15-8-16(12)14/h1-4,7-8,11,13-14,17H,5-6H2/t11-,13+,14?/m0/s1. The van der Waals surface area contributed by atoms with Crippen molar-refractivity contribution in [3.05, 3.63) is 42.4 Å². The zero-order chi connectivity index (χ0) is 11.4. The van der Waals surface area contributed by atoms with Crippen LogP contribution in [0, 0.1) is 5.92 Å². The molecular weight excluding hydrogens is 212 g/mol. The first-order valence-electron chi connectivity index (χ1n) is 6.15. The number of nitrogens with zero attached hydrogens (tertiary/aromatic N) is 2. The van der Waals surface area contributed by atoms with Gasteiger partial charge in [-0.15, -0.1) is 0 Å². The highest BCUT2D eigenvalue weighted by molar-refractivity contribution is 5.69. The fourth-order valence-electron chi connectivity index (χ4n) is 3.19. The maximum absolute atomic E-state index is 9.92. The van der Waals surface area contributed by atoms with Gasteiger partial charge in [0.15, 0.2) is 0 Å². The predicted molar refractivity (Wildman–Crippen MR) is 64.5 cm³/mol. The first-order valence-corrected chi connectivity index (χ1v) is 6.15. The Morgan fingerprint density at radius 3 is 2.88 bits per heavy atom. The van der Waals surface area contributed by atoms with Crippen molar-refractivity contribution in [2.24, 2.45) is 5.92 Å². The van der Waals surface area contributed by atoms with Crippen LogP contribution in [0.2, 0.25) is 0 Å². The second-order valence-electron chi connectivity index (χ2n) is 5.03. The van der Waals surface area contributed by atoms with Gasteiger partial charge in [0.2, 0.25) is 0 Å². The number of rotatable bonds is 1. The van der Waals surface area contributed by atoms with Crippen LogP contribution in [0.5, 0.6) is 0 Å². The van der Waals surface area contributed by atoms with Gasteiger partial charge in [-0.3, -0.25) is 0 Å². The number of hydrogen-bond acceptors (Lipinski definition) is 2. The number of aliphatic hydroxyl groups excluding tert-OH is 1. The van der Waals surface area contributed by atoms with Crippen LogP contribution in [0.3, 0.4) is 0 Å². The molecule has 1 N–H and O–H groups in total. The molecule has 2 heterocycles. The van der Waals surface area contributed by atoms with Crippen LogP contribution in [0.15, 0.2) is 36.8 Å². The second kappa shape index (κ2) is 3.20. The third kappa shape index (κ3) is 1.12. The second-order valence-corrected chi connectivity index (χ2v) is 5.03. The van der Waals surface area contributed by atoms with Gasteiger partial charge in [0.05, 0.1) is 30.4 Å². The van der Waals surface area contributed by atoms with Gasteiger partial charge in [0, 0.05) is 11.5 Å². The maximum Gasteiger partial charge on any atom is 0.0956 e. The molecule has 1 aromatic carbocycles. The van der Waals surface area contributed by atoms with E-state index in [1.54, 1.807) is 0 Å². The molecular formula is C14H14N2O. The molecule has 0 amide bonds. The topological polar surface area (TPSA) is 38.1 Å². The minimum Gasteiger partial charge on any atom is -0.393 e. The zero-order valence-corrected chi connectivity index (χ0v) is 9.45. The lowest BCUT2D eigenvalue weighted by Crippen LogP contribution is -2.37. The van der Waals surface area contributed by atoms with E-state index in [9.17, 15) is 5.11 Å². The van der Waals surface area contributed by atoms with Gasteiger partial charge in [-0.05, 0) is 18.4 Å². The van der Waals surface area contributed by atoms with Gasteiger partial charge in [0.25, 0.3) is 0 Å². The third-order valence-electron chi connectivity index (χ3n) is 4.22. The number of fused-ring (bicyclic) bond motifs is 3. The van der Waals surface area contributed by atoms with Crippen LogP contribution >= 0.6 is 0 Å². The Morgan fingerprint density at radius 2 is 2.12 bits per heavy atom. The number of imidazole rings is 1. The zero-order valence-electron chi connectivity index (χ0n) is 9.45. The molecule has 0 bridgehead atoms. The number of aliphatic hydroxyl groups is 1. The van der Waals surface area contributed by atoms with Crippen molar-refractivity contribution in [3.8, 4) is 11.3 Å². The molecule has 17 heavy (non-hydrogen) atoms. The molecule has 0 saturated heterocycles. The van der Waals surface area contributed by atoms with E-state index in [1.165, 1.54) is 16.8 Å². The van der Waals surface area contributed by atoms with Crippen molar-refractivity contribution < 1.29 is 5.11 Å². The quantitative estimate of drug-likeness (QED) is 0.809. The van der Waals surface area contributed by atoms with E-state index in [2.05, 4.69) is 33.8 Å². The van der Waals surface area contributed by atoms with Crippen LogP contribution in [0.4, 0.5) is 0 Å². The highest BCUT2D eigenvalue weighted by atomic mass is 16.3. The van der Waals surface area contributed by atoms with Crippen LogP contribution in [-0.4, -0.2) is 20.8 Å². The molecule has 2 aromatic rings. The molecule has 1 aliphatic carbocycles. The summed E-state index contributed by atoms with van der Waals surface area (Å²) in [6.07, 6.45) is 5.71. The summed E-state index contributed by atoms with van der Waals surface area (Å²) in [6, 6.07) is 8.76. The van der Waals surface area contributed by atoms with Crippen LogP contribution in [0.1, 0.15) is 24.4 Å². The Bertz CT molecular complexity index is 575. The molecule has 3 atom stereocenters. The Balaban J connectivity index is 1.90. The molecule has 3 heteroatoms. The lowest BCUT2D eigenvalue weighted by Gasteiger charge is -2.38. The first kappa shape index (κ1) is 9.42. The molecule has 1 aliphatic heterocycles. The van der Waals surface area contributed by atoms with E-state index in [1.807, 2.05) is 12.5 Å². The smallest absolute Gasteiger partial charge is 0.0956 e. The predicted octanol–water partition coefficient (Wildman–Crippen LogP) is 2.22. The van der Waals surface area contributed by atoms with Crippen molar-refractivity contribution >= 4 is 0 Å². The summed E-state index contributed by atoms with van der Waals surface area (Å²) in [5.74, 6) is 0.353. The van der Waals surface area contributed by atoms with E-state index in [4.69, 9.17) is 0 Å². The van der Waals surface area contributed by atoms with Gasteiger partial charge in [0.1, 0.15) is 0 Å². The molecule has 0 spiro atoms. The van der Waals surface area contributed by atoms with E-state index < -0.39 is 0 Å². The molecule has 2 aliphatic rings. The summed E-state index contributed by atoms with van der Waals surface area (Å²) in [6.45, 7) is 0. The fourth-order valence-corrected chi connectivity index (χ4v) is 3.19. The normalized spacial score (nSPS) is 29.6. The summed E-state index contributed by atoms with van der Waals surface area (Å²) in [7, 11) is 0. The van der Waals surface area contributed by atoms with Crippen molar-refractivity contribution in [1.29, 1.82) is 0 Å². The minimum absolute atomic E-state index is 0.151. The highest BCUT2D eigenvalue weighted by Gasteiger charge is 2.41. The summed E-state index contributed by atoms with van der Waals surface area (Å²) >= 11 is 0. The van der Waals surface area contributed by atoms with Gasteiger partial charge in [-0.25, -0.2) is 4.98 Å². The summed E-state index contributed by atoms with van der Waals surface area (Å²) < 4.78 is 2.22. The molecule has 86 valence electrons. The highest BCUT2D eigenvalue weighted by Crippen LogP contribution is 2.48. The Kier molecular flexibility index (Phi) is 1.77. The molecule has 4 rings (SSSR count). The largest absolute Gasteiger partial charge is 0.393 e. The Hall–Kier alpha value is -1.61. The molecule has 1 unspecified atom stereocenters. The van der Waals surface area contributed by atoms with E-state index in [0.29, 0.717) is 5.92 Å². The van der Waals surface area contributed by atoms with E-state index >= 15 is 0 Å². The lowest BCUT2D eigenvalue weighted by molar-refractivity contribution is 0.00415. The van der Waals surface area contributed by atoms with E-state index in [-0.39, 0.29) is 12.1 Å². The fraction of sp³-hybridized carbons (Fsp3) is 0.357. The number of hydrogen-bond donors (Lipinski definition) is 1. The van der Waals surface area contributed by atoms with Gasteiger partial charge < -0.3 is 9.67 Å². The average molecular weight is 226 g/mol. The van der Waals surface area contributed by atoms with Gasteiger partial charge >= 0.3 is 0 Å². The number of aromatic nitrogens is 2. The number of benzene rings is 1. The van der Waals surface area contributed by atoms with Crippen molar-refractivity contribution in [1.82, 2.24) is 9.55 Å².